The van der Waals surface area contributed by atoms with Crippen LogP contribution in [0.25, 0.3) is 5.69 Å². The second kappa shape index (κ2) is 7.79. The maximum absolute atomic E-state index is 12.8. The van der Waals surface area contributed by atoms with Crippen LogP contribution >= 0.6 is 0 Å². The average molecular weight is 390 g/mol. The van der Waals surface area contributed by atoms with E-state index in [1.807, 2.05) is 55.5 Å². The van der Waals surface area contributed by atoms with E-state index in [0.29, 0.717) is 18.0 Å². The largest absolute Gasteiger partial charge is 0.497 e. The van der Waals surface area contributed by atoms with Gasteiger partial charge in [-0.1, -0.05) is 12.1 Å². The molecule has 2 heterocycles. The molecular weight excluding hydrogens is 368 g/mol. The molecule has 148 valence electrons. The van der Waals surface area contributed by atoms with Crippen LogP contribution in [0.2, 0.25) is 0 Å². The number of amides is 2. The van der Waals surface area contributed by atoms with Gasteiger partial charge in [-0.15, -0.1) is 0 Å². The van der Waals surface area contributed by atoms with Gasteiger partial charge >= 0.3 is 0 Å². The Balaban J connectivity index is 1.47. The lowest BCUT2D eigenvalue weighted by Gasteiger charge is -2.17. The van der Waals surface area contributed by atoms with E-state index in [-0.39, 0.29) is 18.2 Å². The summed E-state index contributed by atoms with van der Waals surface area (Å²) in [7, 11) is 1.58. The number of rotatable bonds is 5. The van der Waals surface area contributed by atoms with Gasteiger partial charge in [-0.05, 0) is 43.3 Å². The van der Waals surface area contributed by atoms with Gasteiger partial charge in [0.05, 0.1) is 18.7 Å². The van der Waals surface area contributed by atoms with Crippen LogP contribution in [0.15, 0.2) is 60.8 Å². The molecule has 0 aliphatic carbocycles. The third-order valence-electron chi connectivity index (χ3n) is 5.05. The Kier molecular flexibility index (Phi) is 5.03. The number of ether oxygens (including phenoxy) is 1. The van der Waals surface area contributed by atoms with Gasteiger partial charge in [0.15, 0.2) is 0 Å². The van der Waals surface area contributed by atoms with Gasteiger partial charge in [-0.3, -0.25) is 9.59 Å². The zero-order chi connectivity index (χ0) is 20.4. The molecule has 2 aromatic carbocycles. The predicted octanol–water partition coefficient (Wildman–Crippen LogP) is 3.18. The van der Waals surface area contributed by atoms with Crippen LogP contribution in [0.1, 0.15) is 12.1 Å². The second-order valence-corrected chi connectivity index (χ2v) is 7.03. The number of aryl methyl sites for hydroxylation is 1. The fourth-order valence-corrected chi connectivity index (χ4v) is 3.51. The van der Waals surface area contributed by atoms with Crippen molar-refractivity contribution < 1.29 is 14.3 Å². The van der Waals surface area contributed by atoms with E-state index < -0.39 is 5.92 Å². The highest BCUT2D eigenvalue weighted by atomic mass is 16.5. The van der Waals surface area contributed by atoms with Crippen LogP contribution in [0.5, 0.6) is 5.75 Å². The Morgan fingerprint density at radius 3 is 2.69 bits per heavy atom. The monoisotopic (exact) mass is 390 g/mol. The first kappa shape index (κ1) is 18.7. The highest BCUT2D eigenvalue weighted by molar-refractivity contribution is 6.03. The van der Waals surface area contributed by atoms with E-state index >= 15 is 0 Å². The summed E-state index contributed by atoms with van der Waals surface area (Å²) in [5.41, 5.74) is 3.28. The van der Waals surface area contributed by atoms with Gasteiger partial charge in [0, 0.05) is 42.3 Å². The van der Waals surface area contributed by atoms with Crippen LogP contribution in [0.4, 0.5) is 11.4 Å². The average Bonchev–Trinajstić information content (AvgIpc) is 3.34. The van der Waals surface area contributed by atoms with Gasteiger partial charge in [0.25, 0.3) is 0 Å². The molecule has 7 nitrogen and oxygen atoms in total. The van der Waals surface area contributed by atoms with Gasteiger partial charge in [-0.2, -0.15) is 5.10 Å². The Labute approximate surface area is 168 Å². The van der Waals surface area contributed by atoms with Crippen LogP contribution < -0.4 is 15.0 Å². The molecule has 0 bridgehead atoms. The molecule has 0 spiro atoms. The summed E-state index contributed by atoms with van der Waals surface area (Å²) in [6, 6.07) is 16.7. The molecule has 1 N–H and O–H groups in total. The fraction of sp³-hybridized carbons (Fsp3) is 0.227. The maximum Gasteiger partial charge on any atom is 0.229 e. The molecule has 0 saturated carbocycles. The van der Waals surface area contributed by atoms with Crippen molar-refractivity contribution in [3.8, 4) is 11.4 Å². The number of methoxy groups -OCH3 is 1. The number of anilines is 2. The van der Waals surface area contributed by atoms with Crippen LogP contribution in [-0.2, 0) is 9.59 Å². The summed E-state index contributed by atoms with van der Waals surface area (Å²) in [6.07, 6.45) is 1.92. The predicted molar refractivity (Wildman–Crippen MR) is 110 cm³/mol. The summed E-state index contributed by atoms with van der Waals surface area (Å²) in [4.78, 5) is 26.9. The smallest absolute Gasteiger partial charge is 0.229 e. The number of aromatic nitrogens is 2. The van der Waals surface area contributed by atoms with E-state index in [9.17, 15) is 9.59 Å². The van der Waals surface area contributed by atoms with Crippen molar-refractivity contribution in [3.63, 3.8) is 0 Å². The Bertz CT molecular complexity index is 1060. The van der Waals surface area contributed by atoms with E-state index in [4.69, 9.17) is 4.74 Å². The molecular formula is C22H22N4O3. The van der Waals surface area contributed by atoms with Crippen molar-refractivity contribution in [1.82, 2.24) is 9.78 Å². The molecule has 1 aliphatic rings. The zero-order valence-electron chi connectivity index (χ0n) is 16.3. The molecule has 0 radical (unpaired) electrons. The van der Waals surface area contributed by atoms with Crippen molar-refractivity contribution in [1.29, 1.82) is 0 Å². The summed E-state index contributed by atoms with van der Waals surface area (Å²) in [5, 5.41) is 7.23. The van der Waals surface area contributed by atoms with E-state index in [1.54, 1.807) is 29.0 Å². The number of nitrogens with one attached hydrogen (secondary N) is 1. The molecule has 7 heteroatoms. The molecule has 3 aromatic rings. The number of nitrogens with zero attached hydrogens (tertiary/aromatic N) is 3. The zero-order valence-corrected chi connectivity index (χ0v) is 16.3. The Morgan fingerprint density at radius 1 is 1.14 bits per heavy atom. The maximum atomic E-state index is 12.8. The quantitative estimate of drug-likeness (QED) is 0.726. The fourth-order valence-electron chi connectivity index (χ4n) is 3.51. The first-order valence-corrected chi connectivity index (χ1v) is 9.41. The minimum absolute atomic E-state index is 0.0701. The Morgan fingerprint density at radius 2 is 1.93 bits per heavy atom. The molecule has 1 unspecified atom stereocenters. The van der Waals surface area contributed by atoms with Gasteiger partial charge < -0.3 is 15.0 Å². The topological polar surface area (TPSA) is 76.5 Å². The third-order valence-corrected chi connectivity index (χ3v) is 5.05. The van der Waals surface area contributed by atoms with Crippen LogP contribution in [0, 0.1) is 12.8 Å². The van der Waals surface area contributed by atoms with E-state index in [0.717, 1.165) is 17.1 Å². The molecule has 4 rings (SSSR count). The van der Waals surface area contributed by atoms with Gasteiger partial charge in [-0.25, -0.2) is 4.68 Å². The number of carbonyl (C=O) groups excluding carboxylic acids is 2. The molecule has 1 saturated heterocycles. The summed E-state index contributed by atoms with van der Waals surface area (Å²) in [5.74, 6) is 0.0233. The summed E-state index contributed by atoms with van der Waals surface area (Å²) >= 11 is 0. The number of benzene rings is 2. The molecule has 2 amide bonds. The SMILES string of the molecule is COc1cccc(N2CC(C(=O)Nc3cccc(-n4nccc4C)c3)CC2=O)c1. The van der Waals surface area contributed by atoms with E-state index in [1.165, 1.54) is 0 Å². The highest BCUT2D eigenvalue weighted by Gasteiger charge is 2.35. The van der Waals surface area contributed by atoms with Gasteiger partial charge in [0.2, 0.25) is 11.8 Å². The van der Waals surface area contributed by atoms with Gasteiger partial charge in [0.1, 0.15) is 5.75 Å². The van der Waals surface area contributed by atoms with Crippen molar-refractivity contribution in [2.45, 2.75) is 13.3 Å². The molecule has 1 aromatic heterocycles. The van der Waals surface area contributed by atoms with E-state index in [2.05, 4.69) is 10.4 Å². The summed E-state index contributed by atoms with van der Waals surface area (Å²) in [6.45, 7) is 2.31. The molecule has 29 heavy (non-hydrogen) atoms. The third kappa shape index (κ3) is 3.85. The lowest BCUT2D eigenvalue weighted by molar-refractivity contribution is -0.122. The normalized spacial score (nSPS) is 16.1. The van der Waals surface area contributed by atoms with Crippen LogP contribution in [-0.4, -0.2) is 35.2 Å². The first-order chi connectivity index (χ1) is 14.0. The van der Waals surface area contributed by atoms with Crippen LogP contribution in [0.3, 0.4) is 0 Å². The van der Waals surface area contributed by atoms with Crippen molar-refractivity contribution >= 4 is 23.2 Å². The minimum Gasteiger partial charge on any atom is -0.497 e. The molecule has 1 fully saturated rings. The number of hydrogen-bond acceptors (Lipinski definition) is 4. The number of hydrogen-bond donors (Lipinski definition) is 1. The lowest BCUT2D eigenvalue weighted by atomic mass is 10.1. The standard InChI is InChI=1S/C22H22N4O3/c1-15-9-10-23-26(15)19-7-3-5-17(12-19)24-22(28)16-11-21(27)25(14-16)18-6-4-8-20(13-18)29-2/h3-10,12-13,16H,11,14H2,1-2H3,(H,24,28). The number of carbonyl (C=O) groups is 2. The van der Waals surface area contributed by atoms with Crippen molar-refractivity contribution in [2.24, 2.45) is 5.92 Å². The Hall–Kier alpha value is -3.61. The van der Waals surface area contributed by atoms with Crippen molar-refractivity contribution in [2.75, 3.05) is 23.9 Å². The lowest BCUT2D eigenvalue weighted by Crippen LogP contribution is -2.28. The second-order valence-electron chi connectivity index (χ2n) is 7.03. The first-order valence-electron chi connectivity index (χ1n) is 9.41. The molecule has 1 aliphatic heterocycles. The minimum atomic E-state index is -0.413. The van der Waals surface area contributed by atoms with Crippen molar-refractivity contribution in [3.05, 3.63) is 66.5 Å². The molecule has 1 atom stereocenters. The highest BCUT2D eigenvalue weighted by Crippen LogP contribution is 2.28. The summed E-state index contributed by atoms with van der Waals surface area (Å²) < 4.78 is 7.03.